The number of hydrogen-bond acceptors (Lipinski definition) is 4. The molecule has 2 atom stereocenters. The van der Waals surface area contributed by atoms with E-state index in [1.54, 1.807) is 6.07 Å². The molecule has 0 aromatic heterocycles. The molecule has 0 aliphatic carbocycles. The molecule has 2 amide bonds. The summed E-state index contributed by atoms with van der Waals surface area (Å²) < 4.78 is 11.4. The summed E-state index contributed by atoms with van der Waals surface area (Å²) in [5, 5.41) is 5.72. The maximum absolute atomic E-state index is 12.8. The molecule has 1 saturated heterocycles. The van der Waals surface area contributed by atoms with E-state index in [4.69, 9.17) is 9.47 Å². The van der Waals surface area contributed by atoms with Crippen molar-refractivity contribution in [2.24, 2.45) is 0 Å². The van der Waals surface area contributed by atoms with Crippen molar-refractivity contribution in [2.75, 3.05) is 23.8 Å². The first-order chi connectivity index (χ1) is 13.2. The lowest BCUT2D eigenvalue weighted by atomic mass is 9.90. The molecule has 0 radical (unpaired) electrons. The second-order valence-electron chi connectivity index (χ2n) is 6.86. The molecule has 0 spiro atoms. The largest absolute Gasteiger partial charge is 0.491 e. The Hall–Kier alpha value is -2.86. The van der Waals surface area contributed by atoms with Gasteiger partial charge in [0.1, 0.15) is 12.4 Å². The molecule has 6 heteroatoms. The standard InChI is InChI=1S/C21H22N2O4/c24-20-12-18(17-8-1-2-9-19(17)23-20)21(25)22-14-5-3-6-15(11-14)27-13-16-7-4-10-26-16/h1-3,5-6,8-9,11,16,18H,4,7,10,12-13H2,(H,22,25)(H,23,24)/t16-,18+/m1/s1. The third-order valence-corrected chi connectivity index (χ3v) is 4.88. The van der Waals surface area contributed by atoms with Crippen LogP contribution in [0.2, 0.25) is 0 Å². The van der Waals surface area contributed by atoms with Crippen molar-refractivity contribution in [3.05, 3.63) is 54.1 Å². The smallest absolute Gasteiger partial charge is 0.232 e. The number of rotatable bonds is 5. The summed E-state index contributed by atoms with van der Waals surface area (Å²) in [6, 6.07) is 14.7. The maximum Gasteiger partial charge on any atom is 0.232 e. The SMILES string of the molecule is O=C1C[C@H](C(=O)Nc2cccc(OC[C@H]3CCCO3)c2)c2ccccc2N1. The van der Waals surface area contributed by atoms with Crippen LogP contribution in [0.3, 0.4) is 0 Å². The van der Waals surface area contributed by atoms with Crippen molar-refractivity contribution in [1.29, 1.82) is 0 Å². The molecule has 2 heterocycles. The number of anilines is 2. The summed E-state index contributed by atoms with van der Waals surface area (Å²) in [7, 11) is 0. The minimum Gasteiger partial charge on any atom is -0.491 e. The summed E-state index contributed by atoms with van der Waals surface area (Å²) >= 11 is 0. The Bertz CT molecular complexity index is 846. The number of benzene rings is 2. The van der Waals surface area contributed by atoms with Crippen molar-refractivity contribution >= 4 is 23.2 Å². The van der Waals surface area contributed by atoms with Crippen LogP contribution in [-0.2, 0) is 14.3 Å². The van der Waals surface area contributed by atoms with E-state index in [2.05, 4.69) is 10.6 Å². The van der Waals surface area contributed by atoms with E-state index in [0.29, 0.717) is 23.7 Å². The molecule has 2 aliphatic rings. The summed E-state index contributed by atoms with van der Waals surface area (Å²) in [5.74, 6) is -0.174. The minimum absolute atomic E-state index is 0.137. The molecule has 0 saturated carbocycles. The molecule has 2 aromatic rings. The number of nitrogens with one attached hydrogen (secondary N) is 2. The van der Waals surface area contributed by atoms with Crippen LogP contribution >= 0.6 is 0 Å². The van der Waals surface area contributed by atoms with E-state index in [0.717, 1.165) is 25.0 Å². The molecule has 140 valence electrons. The third-order valence-electron chi connectivity index (χ3n) is 4.88. The summed E-state index contributed by atoms with van der Waals surface area (Å²) in [6.07, 6.45) is 2.36. The van der Waals surface area contributed by atoms with Crippen molar-refractivity contribution in [1.82, 2.24) is 0 Å². The van der Waals surface area contributed by atoms with Gasteiger partial charge in [-0.15, -0.1) is 0 Å². The highest BCUT2D eigenvalue weighted by Gasteiger charge is 2.30. The zero-order valence-electron chi connectivity index (χ0n) is 14.9. The molecular formula is C21H22N2O4. The molecule has 6 nitrogen and oxygen atoms in total. The van der Waals surface area contributed by atoms with Gasteiger partial charge in [-0.2, -0.15) is 0 Å². The van der Waals surface area contributed by atoms with E-state index in [-0.39, 0.29) is 24.3 Å². The van der Waals surface area contributed by atoms with Gasteiger partial charge in [-0.1, -0.05) is 24.3 Å². The molecule has 27 heavy (non-hydrogen) atoms. The Morgan fingerprint density at radius 1 is 1.22 bits per heavy atom. The van der Waals surface area contributed by atoms with Gasteiger partial charge in [0, 0.05) is 30.5 Å². The van der Waals surface area contributed by atoms with E-state index in [1.165, 1.54) is 0 Å². The monoisotopic (exact) mass is 366 g/mol. The topological polar surface area (TPSA) is 76.7 Å². The predicted molar refractivity (Wildman–Crippen MR) is 102 cm³/mol. The normalized spacial score (nSPS) is 21.3. The molecule has 2 aliphatic heterocycles. The highest BCUT2D eigenvalue weighted by atomic mass is 16.5. The Morgan fingerprint density at radius 3 is 2.96 bits per heavy atom. The van der Waals surface area contributed by atoms with Crippen LogP contribution in [0.1, 0.15) is 30.7 Å². The molecule has 2 aromatic carbocycles. The van der Waals surface area contributed by atoms with Crippen LogP contribution < -0.4 is 15.4 Å². The molecule has 1 fully saturated rings. The lowest BCUT2D eigenvalue weighted by molar-refractivity contribution is -0.123. The van der Waals surface area contributed by atoms with Gasteiger partial charge in [0.15, 0.2) is 0 Å². The first kappa shape index (κ1) is 17.5. The van der Waals surface area contributed by atoms with Crippen molar-refractivity contribution in [3.63, 3.8) is 0 Å². The maximum atomic E-state index is 12.8. The number of amides is 2. The number of fused-ring (bicyclic) bond motifs is 1. The second-order valence-corrected chi connectivity index (χ2v) is 6.86. The van der Waals surface area contributed by atoms with Crippen molar-refractivity contribution in [2.45, 2.75) is 31.3 Å². The van der Waals surface area contributed by atoms with Crippen LogP contribution in [-0.4, -0.2) is 31.1 Å². The Labute approximate surface area is 157 Å². The lowest BCUT2D eigenvalue weighted by Crippen LogP contribution is -2.30. The fraction of sp³-hybridized carbons (Fsp3) is 0.333. The third kappa shape index (κ3) is 4.11. The zero-order chi connectivity index (χ0) is 18.6. The lowest BCUT2D eigenvalue weighted by Gasteiger charge is -2.24. The average Bonchev–Trinajstić information content (AvgIpc) is 3.19. The Morgan fingerprint density at radius 2 is 2.11 bits per heavy atom. The summed E-state index contributed by atoms with van der Waals surface area (Å²) in [4.78, 5) is 24.7. The van der Waals surface area contributed by atoms with E-state index >= 15 is 0 Å². The number of hydrogen-bond donors (Lipinski definition) is 2. The molecular weight excluding hydrogens is 344 g/mol. The molecule has 0 bridgehead atoms. The second kappa shape index (κ2) is 7.80. The van der Waals surface area contributed by atoms with Crippen LogP contribution in [0.15, 0.2) is 48.5 Å². The number of carbonyl (C=O) groups is 2. The molecule has 0 unspecified atom stereocenters. The number of para-hydroxylation sites is 1. The van der Waals surface area contributed by atoms with Crippen LogP contribution in [0.25, 0.3) is 0 Å². The number of ether oxygens (including phenoxy) is 2. The fourth-order valence-corrected chi connectivity index (χ4v) is 3.50. The molecule has 4 rings (SSSR count). The first-order valence-electron chi connectivity index (χ1n) is 9.23. The average molecular weight is 366 g/mol. The fourth-order valence-electron chi connectivity index (χ4n) is 3.50. The van der Waals surface area contributed by atoms with E-state index < -0.39 is 5.92 Å². The van der Waals surface area contributed by atoms with Gasteiger partial charge < -0.3 is 20.1 Å². The summed E-state index contributed by atoms with van der Waals surface area (Å²) in [6.45, 7) is 1.30. The van der Waals surface area contributed by atoms with Crippen LogP contribution in [0.5, 0.6) is 5.75 Å². The van der Waals surface area contributed by atoms with Crippen LogP contribution in [0, 0.1) is 0 Å². The highest BCUT2D eigenvalue weighted by molar-refractivity contribution is 6.05. The number of carbonyl (C=O) groups excluding carboxylic acids is 2. The van der Waals surface area contributed by atoms with Gasteiger partial charge in [0.05, 0.1) is 12.0 Å². The summed E-state index contributed by atoms with van der Waals surface area (Å²) in [5.41, 5.74) is 2.18. The highest BCUT2D eigenvalue weighted by Crippen LogP contribution is 2.33. The quantitative estimate of drug-likeness (QED) is 0.851. The van der Waals surface area contributed by atoms with Crippen molar-refractivity contribution < 1.29 is 19.1 Å². The van der Waals surface area contributed by atoms with Gasteiger partial charge in [0.2, 0.25) is 11.8 Å². The molecule has 2 N–H and O–H groups in total. The van der Waals surface area contributed by atoms with Gasteiger partial charge in [-0.05, 0) is 36.6 Å². The predicted octanol–water partition coefficient (Wildman–Crippen LogP) is 3.31. The van der Waals surface area contributed by atoms with E-state index in [9.17, 15) is 9.59 Å². The first-order valence-corrected chi connectivity index (χ1v) is 9.23. The minimum atomic E-state index is -0.508. The van der Waals surface area contributed by atoms with Gasteiger partial charge in [0.25, 0.3) is 0 Å². The Balaban J connectivity index is 1.43. The van der Waals surface area contributed by atoms with Gasteiger partial charge in [-0.25, -0.2) is 0 Å². The van der Waals surface area contributed by atoms with Gasteiger partial charge in [-0.3, -0.25) is 9.59 Å². The van der Waals surface area contributed by atoms with Crippen LogP contribution in [0.4, 0.5) is 11.4 Å². The van der Waals surface area contributed by atoms with Crippen molar-refractivity contribution in [3.8, 4) is 5.75 Å². The zero-order valence-corrected chi connectivity index (χ0v) is 14.9. The van der Waals surface area contributed by atoms with Gasteiger partial charge >= 0.3 is 0 Å². The van der Waals surface area contributed by atoms with E-state index in [1.807, 2.05) is 42.5 Å². The Kier molecular flexibility index (Phi) is 5.07.